The predicted octanol–water partition coefficient (Wildman–Crippen LogP) is 4.70. The molecule has 2 rings (SSSR count). The van der Waals surface area contributed by atoms with E-state index < -0.39 is 6.04 Å². The molecule has 1 unspecified atom stereocenters. The lowest BCUT2D eigenvalue weighted by atomic mass is 9.99. The highest BCUT2D eigenvalue weighted by Gasteiger charge is 2.10. The second-order valence-electron chi connectivity index (χ2n) is 5.56. The summed E-state index contributed by atoms with van der Waals surface area (Å²) in [6.07, 6.45) is 1.02. The van der Waals surface area contributed by atoms with Crippen molar-refractivity contribution in [3.63, 3.8) is 0 Å². The Morgan fingerprint density at radius 2 is 1.86 bits per heavy atom. The lowest BCUT2D eigenvalue weighted by molar-refractivity contribution is 0.628. The quantitative estimate of drug-likeness (QED) is 0.862. The summed E-state index contributed by atoms with van der Waals surface area (Å²) in [6.45, 7) is 4.36. The molecule has 0 bridgehead atoms. The number of nitrogens with zero attached hydrogens (tertiary/aromatic N) is 1. The Balaban J connectivity index is 2.12. The van der Waals surface area contributed by atoms with Crippen molar-refractivity contribution in [2.24, 2.45) is 5.92 Å². The number of nitrogens with one attached hydrogen (secondary N) is 1. The minimum atomic E-state index is -0.486. The van der Waals surface area contributed by atoms with Crippen LogP contribution in [0.4, 0.5) is 10.1 Å². The molecule has 0 saturated carbocycles. The van der Waals surface area contributed by atoms with E-state index in [0.717, 1.165) is 12.0 Å². The molecule has 0 aliphatic carbocycles. The van der Waals surface area contributed by atoms with Gasteiger partial charge in [-0.25, -0.2) is 4.39 Å². The van der Waals surface area contributed by atoms with Crippen LogP contribution in [-0.2, 0) is 6.42 Å². The maximum absolute atomic E-state index is 13.2. The Kier molecular flexibility index (Phi) is 4.94. The topological polar surface area (TPSA) is 35.8 Å². The average Bonchev–Trinajstić information content (AvgIpc) is 2.45. The Bertz CT molecular complexity index is 626. The molecule has 108 valence electrons. The molecule has 1 atom stereocenters. The van der Waals surface area contributed by atoms with Gasteiger partial charge in [-0.1, -0.05) is 44.2 Å². The summed E-state index contributed by atoms with van der Waals surface area (Å²) >= 11 is 0. The largest absolute Gasteiger partial charge is 0.366 e. The molecule has 0 aliphatic rings. The summed E-state index contributed by atoms with van der Waals surface area (Å²) in [5.41, 5.74) is 2.75. The molecule has 0 amide bonds. The van der Waals surface area contributed by atoms with Crippen LogP contribution in [0.3, 0.4) is 0 Å². The van der Waals surface area contributed by atoms with Crippen molar-refractivity contribution in [2.45, 2.75) is 26.3 Å². The second-order valence-corrected chi connectivity index (χ2v) is 5.56. The number of nitriles is 1. The summed E-state index contributed by atoms with van der Waals surface area (Å²) in [7, 11) is 0. The van der Waals surface area contributed by atoms with Crippen molar-refractivity contribution in [1.82, 2.24) is 0 Å². The maximum atomic E-state index is 13.2. The van der Waals surface area contributed by atoms with E-state index in [1.54, 1.807) is 12.1 Å². The fourth-order valence-corrected chi connectivity index (χ4v) is 2.25. The van der Waals surface area contributed by atoms with E-state index in [9.17, 15) is 9.65 Å². The van der Waals surface area contributed by atoms with Gasteiger partial charge in [0.05, 0.1) is 6.07 Å². The van der Waals surface area contributed by atoms with Crippen LogP contribution >= 0.6 is 0 Å². The van der Waals surface area contributed by atoms with Crippen molar-refractivity contribution in [3.05, 3.63) is 65.5 Å². The molecule has 0 heterocycles. The van der Waals surface area contributed by atoms with Crippen molar-refractivity contribution in [3.8, 4) is 6.07 Å². The van der Waals surface area contributed by atoms with Crippen LogP contribution in [0.2, 0.25) is 0 Å². The van der Waals surface area contributed by atoms with Crippen LogP contribution in [0.1, 0.15) is 31.0 Å². The lowest BCUT2D eigenvalue weighted by Crippen LogP contribution is -2.08. The van der Waals surface area contributed by atoms with Crippen molar-refractivity contribution in [2.75, 3.05) is 5.32 Å². The van der Waals surface area contributed by atoms with Gasteiger partial charge < -0.3 is 5.32 Å². The highest BCUT2D eigenvalue weighted by molar-refractivity contribution is 5.47. The van der Waals surface area contributed by atoms with Gasteiger partial charge in [-0.15, -0.1) is 0 Å². The molecule has 0 fully saturated rings. The molecular formula is C18H19FN2. The first-order valence-corrected chi connectivity index (χ1v) is 7.09. The summed E-state index contributed by atoms with van der Waals surface area (Å²) in [4.78, 5) is 0. The van der Waals surface area contributed by atoms with E-state index in [-0.39, 0.29) is 5.82 Å². The van der Waals surface area contributed by atoms with Crippen LogP contribution in [0.25, 0.3) is 0 Å². The molecule has 2 nitrogen and oxygen atoms in total. The second kappa shape index (κ2) is 6.90. The molecule has 0 spiro atoms. The number of hydrogen-bond donors (Lipinski definition) is 1. The Hall–Kier alpha value is -2.34. The van der Waals surface area contributed by atoms with E-state index >= 15 is 0 Å². The third kappa shape index (κ3) is 4.32. The molecule has 3 heteroatoms. The van der Waals surface area contributed by atoms with Gasteiger partial charge in [0.25, 0.3) is 0 Å². The Morgan fingerprint density at radius 1 is 1.14 bits per heavy atom. The predicted molar refractivity (Wildman–Crippen MR) is 83.4 cm³/mol. The van der Waals surface area contributed by atoms with Gasteiger partial charge in [0, 0.05) is 5.69 Å². The van der Waals surface area contributed by atoms with E-state index in [2.05, 4.69) is 25.2 Å². The third-order valence-electron chi connectivity index (χ3n) is 3.22. The van der Waals surface area contributed by atoms with Crippen LogP contribution in [-0.4, -0.2) is 0 Å². The zero-order chi connectivity index (χ0) is 15.2. The van der Waals surface area contributed by atoms with Gasteiger partial charge in [-0.05, 0) is 41.7 Å². The first kappa shape index (κ1) is 15.1. The van der Waals surface area contributed by atoms with Gasteiger partial charge in [0.2, 0.25) is 0 Å². The van der Waals surface area contributed by atoms with Gasteiger partial charge in [-0.2, -0.15) is 5.26 Å². The lowest BCUT2D eigenvalue weighted by Gasteiger charge is -2.14. The smallest absolute Gasteiger partial charge is 0.140 e. The van der Waals surface area contributed by atoms with Gasteiger partial charge in [0.15, 0.2) is 0 Å². The molecule has 21 heavy (non-hydrogen) atoms. The minimum absolute atomic E-state index is 0.316. The molecule has 0 aromatic heterocycles. The van der Waals surface area contributed by atoms with Crippen molar-refractivity contribution >= 4 is 5.69 Å². The van der Waals surface area contributed by atoms with E-state index in [1.165, 1.54) is 17.7 Å². The number of halogens is 1. The number of anilines is 1. The fraction of sp³-hybridized carbons (Fsp3) is 0.278. The Morgan fingerprint density at radius 3 is 2.43 bits per heavy atom. The third-order valence-corrected chi connectivity index (χ3v) is 3.22. The van der Waals surface area contributed by atoms with Crippen molar-refractivity contribution in [1.29, 1.82) is 5.26 Å². The highest BCUT2D eigenvalue weighted by Crippen LogP contribution is 2.21. The fourth-order valence-electron chi connectivity index (χ4n) is 2.25. The Labute approximate surface area is 125 Å². The number of hydrogen-bond acceptors (Lipinski definition) is 2. The number of rotatable bonds is 5. The molecule has 1 N–H and O–H groups in total. The molecule has 0 saturated heterocycles. The van der Waals surface area contributed by atoms with Crippen LogP contribution < -0.4 is 5.32 Å². The summed E-state index contributed by atoms with van der Waals surface area (Å²) < 4.78 is 13.2. The molecular weight excluding hydrogens is 263 g/mol. The maximum Gasteiger partial charge on any atom is 0.140 e. The zero-order valence-electron chi connectivity index (χ0n) is 12.3. The van der Waals surface area contributed by atoms with E-state index in [0.29, 0.717) is 11.6 Å². The summed E-state index contributed by atoms with van der Waals surface area (Å²) in [5.74, 6) is 0.289. The zero-order valence-corrected chi connectivity index (χ0v) is 12.3. The van der Waals surface area contributed by atoms with Crippen LogP contribution in [0.5, 0.6) is 0 Å². The SMILES string of the molecule is CC(C)Cc1ccc(C(C#N)Nc2cccc(F)c2)cc1. The molecule has 2 aromatic carbocycles. The van der Waals surface area contributed by atoms with Crippen molar-refractivity contribution < 1.29 is 4.39 Å². The van der Waals surface area contributed by atoms with Gasteiger partial charge >= 0.3 is 0 Å². The average molecular weight is 282 g/mol. The van der Waals surface area contributed by atoms with Gasteiger partial charge in [0.1, 0.15) is 11.9 Å². The molecule has 2 aromatic rings. The molecule has 0 radical (unpaired) electrons. The standard InChI is InChI=1S/C18H19FN2/c1-13(2)10-14-6-8-15(9-7-14)18(12-20)21-17-5-3-4-16(19)11-17/h3-9,11,13,18,21H,10H2,1-2H3. The first-order valence-electron chi connectivity index (χ1n) is 7.09. The highest BCUT2D eigenvalue weighted by atomic mass is 19.1. The minimum Gasteiger partial charge on any atom is -0.366 e. The van der Waals surface area contributed by atoms with E-state index in [1.807, 2.05) is 24.3 Å². The summed E-state index contributed by atoms with van der Waals surface area (Å²) in [6, 6.07) is 15.9. The monoisotopic (exact) mass is 282 g/mol. The summed E-state index contributed by atoms with van der Waals surface area (Å²) in [5, 5.41) is 12.4. The first-order chi connectivity index (χ1) is 10.1. The van der Waals surface area contributed by atoms with Crippen LogP contribution in [0, 0.1) is 23.1 Å². The van der Waals surface area contributed by atoms with Gasteiger partial charge in [-0.3, -0.25) is 0 Å². The van der Waals surface area contributed by atoms with Crippen LogP contribution in [0.15, 0.2) is 48.5 Å². The number of benzene rings is 2. The molecule has 0 aliphatic heterocycles. The normalized spacial score (nSPS) is 12.0. The van der Waals surface area contributed by atoms with E-state index in [4.69, 9.17) is 0 Å².